The van der Waals surface area contributed by atoms with E-state index in [9.17, 15) is 9.90 Å². The Hall–Kier alpha value is -1.40. The van der Waals surface area contributed by atoms with Crippen LogP contribution in [-0.2, 0) is 6.54 Å². The molecule has 1 aliphatic carbocycles. The second kappa shape index (κ2) is 8.38. The van der Waals surface area contributed by atoms with Gasteiger partial charge in [-0.25, -0.2) is 4.79 Å². The minimum atomic E-state index is -0.900. The minimum Gasteiger partial charge on any atom is -0.477 e. The van der Waals surface area contributed by atoms with E-state index in [-0.39, 0.29) is 5.69 Å². The van der Waals surface area contributed by atoms with Crippen LogP contribution in [0.3, 0.4) is 0 Å². The number of rotatable bonds is 5. The van der Waals surface area contributed by atoms with Crippen LogP contribution in [0.4, 0.5) is 0 Å². The molecule has 160 valence electrons. The van der Waals surface area contributed by atoms with Gasteiger partial charge in [0.05, 0.1) is 6.20 Å². The monoisotopic (exact) mass is 400 g/mol. The molecule has 1 aromatic heterocycles. The number of hydrogen-bond acceptors (Lipinski definition) is 4. The number of piperidine rings is 3. The van der Waals surface area contributed by atoms with Crippen molar-refractivity contribution in [2.75, 3.05) is 19.6 Å². The second-order valence-corrected chi connectivity index (χ2v) is 10.1. The van der Waals surface area contributed by atoms with E-state index in [0.29, 0.717) is 6.54 Å². The lowest BCUT2D eigenvalue weighted by Crippen LogP contribution is -2.63. The third kappa shape index (κ3) is 3.98. The molecule has 4 heterocycles. The third-order valence-electron chi connectivity index (χ3n) is 8.32. The van der Waals surface area contributed by atoms with E-state index in [1.165, 1.54) is 70.8 Å². The number of carbonyl (C=O) groups is 1. The molecule has 3 saturated heterocycles. The van der Waals surface area contributed by atoms with Crippen molar-refractivity contribution < 1.29 is 9.90 Å². The molecule has 1 saturated carbocycles. The summed E-state index contributed by atoms with van der Waals surface area (Å²) in [5.41, 5.74) is 1.10. The quantitative estimate of drug-likeness (QED) is 0.787. The van der Waals surface area contributed by atoms with Gasteiger partial charge in [0, 0.05) is 37.3 Å². The molecule has 2 N–H and O–H groups in total. The molecule has 4 atom stereocenters. The summed E-state index contributed by atoms with van der Waals surface area (Å²) < 4.78 is 0. The predicted molar refractivity (Wildman–Crippen MR) is 112 cm³/mol. The van der Waals surface area contributed by atoms with E-state index in [1.54, 1.807) is 6.20 Å². The van der Waals surface area contributed by atoms with E-state index in [2.05, 4.69) is 20.0 Å². The number of H-pyrrole nitrogens is 1. The molecule has 4 fully saturated rings. The van der Waals surface area contributed by atoms with Crippen molar-refractivity contribution >= 4 is 5.97 Å². The first-order valence-electron chi connectivity index (χ1n) is 11.9. The summed E-state index contributed by atoms with van der Waals surface area (Å²) in [4.78, 5) is 17.0. The first kappa shape index (κ1) is 19.6. The number of fused-ring (bicyclic) bond motifs is 4. The van der Waals surface area contributed by atoms with E-state index in [0.717, 1.165) is 48.5 Å². The lowest BCUT2D eigenvalue weighted by Gasteiger charge is -2.57. The first-order chi connectivity index (χ1) is 14.2. The van der Waals surface area contributed by atoms with Gasteiger partial charge in [-0.05, 0) is 50.0 Å². The van der Waals surface area contributed by atoms with Crippen LogP contribution in [0, 0.1) is 17.8 Å². The Morgan fingerprint density at radius 2 is 1.90 bits per heavy atom. The van der Waals surface area contributed by atoms with Gasteiger partial charge in [-0.3, -0.25) is 14.9 Å². The molecule has 0 amide bonds. The Bertz CT molecular complexity index is 713. The highest BCUT2D eigenvalue weighted by Gasteiger charge is 2.47. The Morgan fingerprint density at radius 1 is 1.10 bits per heavy atom. The molecule has 6 heteroatoms. The highest BCUT2D eigenvalue weighted by molar-refractivity contribution is 5.86. The molecule has 3 aliphatic heterocycles. The van der Waals surface area contributed by atoms with Crippen LogP contribution in [-0.4, -0.2) is 62.8 Å². The van der Waals surface area contributed by atoms with Crippen LogP contribution in [0.25, 0.3) is 0 Å². The van der Waals surface area contributed by atoms with Crippen molar-refractivity contribution in [3.8, 4) is 0 Å². The molecule has 0 unspecified atom stereocenters. The molecule has 4 aliphatic rings. The van der Waals surface area contributed by atoms with E-state index < -0.39 is 5.97 Å². The van der Waals surface area contributed by atoms with Crippen molar-refractivity contribution in [1.29, 1.82) is 0 Å². The van der Waals surface area contributed by atoms with Crippen LogP contribution in [0.15, 0.2) is 6.20 Å². The zero-order valence-electron chi connectivity index (χ0n) is 17.6. The molecule has 0 radical (unpaired) electrons. The van der Waals surface area contributed by atoms with Crippen molar-refractivity contribution in [2.24, 2.45) is 17.8 Å². The predicted octanol–water partition coefficient (Wildman–Crippen LogP) is 3.75. The number of aromatic carboxylic acids is 1. The summed E-state index contributed by atoms with van der Waals surface area (Å²) in [7, 11) is 0. The van der Waals surface area contributed by atoms with Crippen molar-refractivity contribution in [1.82, 2.24) is 20.0 Å². The number of carboxylic acid groups (broad SMARTS) is 1. The number of carboxylic acids is 1. The third-order valence-corrected chi connectivity index (χ3v) is 8.32. The summed E-state index contributed by atoms with van der Waals surface area (Å²) in [6.45, 7) is 4.24. The highest BCUT2D eigenvalue weighted by Crippen LogP contribution is 2.44. The zero-order valence-corrected chi connectivity index (χ0v) is 17.6. The summed E-state index contributed by atoms with van der Waals surface area (Å²) in [6, 6.07) is 1.49. The molecule has 0 aromatic carbocycles. The van der Waals surface area contributed by atoms with Gasteiger partial charge in [0.25, 0.3) is 0 Å². The van der Waals surface area contributed by atoms with Crippen molar-refractivity contribution in [3.63, 3.8) is 0 Å². The maximum Gasteiger partial charge on any atom is 0.354 e. The van der Waals surface area contributed by atoms with Gasteiger partial charge >= 0.3 is 5.97 Å². The number of nitrogens with zero attached hydrogens (tertiary/aromatic N) is 3. The summed E-state index contributed by atoms with van der Waals surface area (Å²) in [5, 5.41) is 16.1. The van der Waals surface area contributed by atoms with Crippen LogP contribution >= 0.6 is 0 Å². The summed E-state index contributed by atoms with van der Waals surface area (Å²) in [5.74, 6) is 1.51. The normalized spacial score (nSPS) is 34.1. The van der Waals surface area contributed by atoms with Gasteiger partial charge in [-0.2, -0.15) is 5.10 Å². The van der Waals surface area contributed by atoms with Gasteiger partial charge in [0.2, 0.25) is 0 Å². The number of nitrogens with one attached hydrogen (secondary N) is 1. The Labute approximate surface area is 174 Å². The number of aromatic amines is 1. The van der Waals surface area contributed by atoms with E-state index in [1.807, 2.05) is 0 Å². The number of likely N-dealkylation sites (tertiary alicyclic amines) is 1. The van der Waals surface area contributed by atoms with Gasteiger partial charge in [0.1, 0.15) is 5.69 Å². The lowest BCUT2D eigenvalue weighted by molar-refractivity contribution is -0.0809. The topological polar surface area (TPSA) is 72.5 Å². The van der Waals surface area contributed by atoms with Crippen molar-refractivity contribution in [2.45, 2.75) is 82.8 Å². The van der Waals surface area contributed by atoms with E-state index in [4.69, 9.17) is 0 Å². The van der Waals surface area contributed by atoms with Gasteiger partial charge in [0.15, 0.2) is 0 Å². The zero-order chi connectivity index (χ0) is 19.8. The lowest BCUT2D eigenvalue weighted by atomic mass is 9.69. The largest absolute Gasteiger partial charge is 0.477 e. The minimum absolute atomic E-state index is 0.263. The molecule has 29 heavy (non-hydrogen) atoms. The van der Waals surface area contributed by atoms with Gasteiger partial charge < -0.3 is 5.11 Å². The Balaban J connectivity index is 1.33. The molecular formula is C23H36N4O2. The number of aromatic nitrogens is 2. The highest BCUT2D eigenvalue weighted by atomic mass is 16.4. The molecule has 2 bridgehead atoms. The fraction of sp³-hybridized carbons (Fsp3) is 0.826. The second-order valence-electron chi connectivity index (χ2n) is 10.1. The van der Waals surface area contributed by atoms with Crippen LogP contribution in [0.1, 0.15) is 80.3 Å². The van der Waals surface area contributed by atoms with Crippen LogP contribution < -0.4 is 0 Å². The Morgan fingerprint density at radius 3 is 2.72 bits per heavy atom. The van der Waals surface area contributed by atoms with Crippen LogP contribution in [0.2, 0.25) is 0 Å². The molecule has 0 spiro atoms. The fourth-order valence-electron chi connectivity index (χ4n) is 7.08. The summed E-state index contributed by atoms with van der Waals surface area (Å²) >= 11 is 0. The first-order valence-corrected chi connectivity index (χ1v) is 11.9. The SMILES string of the molecule is O=C(O)c1[nH]ncc1CN1C[C@H]2C[C@@H](C1)[C@H](CC1CCCCC1)N1CCCC[C@@H]21. The molecule has 6 nitrogen and oxygen atoms in total. The van der Waals surface area contributed by atoms with Gasteiger partial charge in [-0.15, -0.1) is 0 Å². The standard InChI is InChI=1S/C23H36N4O2/c28-23(29)22-19(12-24-25-22)15-26-13-17-11-18(14-26)21(10-16-6-2-1-3-7-16)27-9-5-4-8-20(17)27/h12,16-18,20-21H,1-11,13-15H2,(H,24,25)(H,28,29)/t17-,18+,20+,21+/m1/s1. The summed E-state index contributed by atoms with van der Waals surface area (Å²) in [6.07, 6.45) is 15.8. The molecular weight excluding hydrogens is 364 g/mol. The average Bonchev–Trinajstić information content (AvgIpc) is 3.20. The number of hydrogen-bond donors (Lipinski definition) is 2. The Kier molecular flexibility index (Phi) is 5.65. The maximum atomic E-state index is 11.5. The average molecular weight is 401 g/mol. The van der Waals surface area contributed by atoms with Crippen LogP contribution in [0.5, 0.6) is 0 Å². The molecule has 5 rings (SSSR count). The van der Waals surface area contributed by atoms with Gasteiger partial charge in [-0.1, -0.05) is 38.5 Å². The van der Waals surface area contributed by atoms with E-state index >= 15 is 0 Å². The molecule has 1 aromatic rings. The smallest absolute Gasteiger partial charge is 0.354 e. The maximum absolute atomic E-state index is 11.5. The van der Waals surface area contributed by atoms with Crippen molar-refractivity contribution in [3.05, 3.63) is 17.5 Å². The fourth-order valence-corrected chi connectivity index (χ4v) is 7.08.